The van der Waals surface area contributed by atoms with E-state index in [1.807, 2.05) is 0 Å². The molecule has 0 fully saturated rings. The monoisotopic (exact) mass is 282 g/mol. The zero-order chi connectivity index (χ0) is 13.2. The lowest BCUT2D eigenvalue weighted by Gasteiger charge is -2.06. The summed E-state index contributed by atoms with van der Waals surface area (Å²) in [6, 6.07) is 8.34. The van der Waals surface area contributed by atoms with E-state index >= 15 is 0 Å². The molecule has 0 N–H and O–H groups in total. The zero-order valence-corrected chi connectivity index (χ0v) is 11.2. The molecule has 1 aromatic heterocycles. The molecule has 0 bridgehead atoms. The molecule has 0 atom stereocenters. The third-order valence-electron chi connectivity index (χ3n) is 2.38. The van der Waals surface area contributed by atoms with E-state index in [-0.39, 0.29) is 10.8 Å². The van der Waals surface area contributed by atoms with Crippen LogP contribution in [0.25, 0.3) is 11.4 Å². The van der Waals surface area contributed by atoms with Crippen molar-refractivity contribution in [3.05, 3.63) is 42.2 Å². The van der Waals surface area contributed by atoms with Crippen molar-refractivity contribution < 1.29 is 8.42 Å². The van der Waals surface area contributed by atoms with Crippen molar-refractivity contribution in [3.8, 4) is 11.4 Å². The average molecular weight is 283 g/mol. The van der Waals surface area contributed by atoms with E-state index in [1.54, 1.807) is 36.5 Å². The maximum absolute atomic E-state index is 11.7. The third kappa shape index (κ3) is 2.68. The predicted octanol–water partition coefficient (Wildman–Crippen LogP) is 2.29. The van der Waals surface area contributed by atoms with Gasteiger partial charge in [0.05, 0.1) is 16.5 Å². The maximum Gasteiger partial charge on any atom is 0.176 e. The summed E-state index contributed by atoms with van der Waals surface area (Å²) in [5.41, 5.74) is 1.15. The molecule has 0 amide bonds. The summed E-state index contributed by atoms with van der Waals surface area (Å²) < 4.78 is 23.4. The molecule has 0 aliphatic carbocycles. The van der Waals surface area contributed by atoms with Gasteiger partial charge in [-0.15, -0.1) is 11.6 Å². The highest BCUT2D eigenvalue weighted by Gasteiger charge is 2.15. The minimum atomic E-state index is -3.31. The Balaban J connectivity index is 2.64. The second kappa shape index (κ2) is 5.04. The fraction of sp³-hybridized carbons (Fsp3) is 0.167. The minimum absolute atomic E-state index is 0.219. The fourth-order valence-electron chi connectivity index (χ4n) is 1.57. The van der Waals surface area contributed by atoms with Crippen molar-refractivity contribution in [1.29, 1.82) is 0 Å². The van der Waals surface area contributed by atoms with E-state index in [1.165, 1.54) is 0 Å². The molecule has 0 saturated heterocycles. The molecular formula is C12H11ClN2O2S. The molecule has 1 aromatic carbocycles. The molecule has 0 spiro atoms. The third-order valence-corrected chi connectivity index (χ3v) is 3.81. The summed E-state index contributed by atoms with van der Waals surface area (Å²) in [7, 11) is -3.31. The van der Waals surface area contributed by atoms with Crippen LogP contribution in [-0.2, 0) is 15.7 Å². The van der Waals surface area contributed by atoms with Gasteiger partial charge in [-0.2, -0.15) is 0 Å². The van der Waals surface area contributed by atoms with E-state index in [0.29, 0.717) is 17.1 Å². The van der Waals surface area contributed by atoms with Crippen molar-refractivity contribution in [2.24, 2.45) is 0 Å². The van der Waals surface area contributed by atoms with E-state index in [9.17, 15) is 8.42 Å². The van der Waals surface area contributed by atoms with Gasteiger partial charge in [-0.25, -0.2) is 18.4 Å². The van der Waals surface area contributed by atoms with Gasteiger partial charge in [-0.1, -0.05) is 12.1 Å². The summed E-state index contributed by atoms with van der Waals surface area (Å²) in [6.45, 7) is 0. The first kappa shape index (κ1) is 13.0. The van der Waals surface area contributed by atoms with Crippen LogP contribution in [0, 0.1) is 0 Å². The Hall–Kier alpha value is -1.46. The highest BCUT2D eigenvalue weighted by Crippen LogP contribution is 2.24. The molecule has 0 aliphatic heterocycles. The van der Waals surface area contributed by atoms with Crippen LogP contribution in [0.2, 0.25) is 0 Å². The van der Waals surface area contributed by atoms with Crippen LogP contribution in [0.3, 0.4) is 0 Å². The van der Waals surface area contributed by atoms with Gasteiger partial charge in [0, 0.05) is 18.0 Å². The predicted molar refractivity (Wildman–Crippen MR) is 70.1 cm³/mol. The Morgan fingerprint density at radius 2 is 1.94 bits per heavy atom. The molecular weight excluding hydrogens is 272 g/mol. The molecule has 1 heterocycles. The Bertz CT molecular complexity index is 671. The van der Waals surface area contributed by atoms with Crippen LogP contribution in [0.4, 0.5) is 0 Å². The van der Waals surface area contributed by atoms with Crippen LogP contribution in [0.1, 0.15) is 5.69 Å². The first-order chi connectivity index (χ1) is 8.52. The SMILES string of the molecule is CS(=O)(=O)c1ccccc1-c1nccc(CCl)n1. The topological polar surface area (TPSA) is 59.9 Å². The first-order valence-corrected chi connectivity index (χ1v) is 7.62. The summed E-state index contributed by atoms with van der Waals surface area (Å²) in [4.78, 5) is 8.54. The van der Waals surface area contributed by atoms with Gasteiger partial charge in [-0.05, 0) is 18.2 Å². The molecule has 18 heavy (non-hydrogen) atoms. The number of hydrogen-bond acceptors (Lipinski definition) is 4. The number of aromatic nitrogens is 2. The molecule has 4 nitrogen and oxygen atoms in total. The number of hydrogen-bond donors (Lipinski definition) is 0. The number of rotatable bonds is 3. The van der Waals surface area contributed by atoms with Crippen LogP contribution in [-0.4, -0.2) is 24.6 Å². The highest BCUT2D eigenvalue weighted by molar-refractivity contribution is 7.90. The van der Waals surface area contributed by atoms with Gasteiger partial charge >= 0.3 is 0 Å². The molecule has 2 aromatic rings. The van der Waals surface area contributed by atoms with Gasteiger partial charge < -0.3 is 0 Å². The molecule has 2 rings (SSSR count). The molecule has 94 valence electrons. The minimum Gasteiger partial charge on any atom is -0.237 e. The maximum atomic E-state index is 11.7. The van der Waals surface area contributed by atoms with Gasteiger partial charge in [0.1, 0.15) is 0 Å². The van der Waals surface area contributed by atoms with Crippen molar-refractivity contribution >= 4 is 21.4 Å². The number of nitrogens with zero attached hydrogens (tertiary/aromatic N) is 2. The van der Waals surface area contributed by atoms with Crippen molar-refractivity contribution in [2.45, 2.75) is 10.8 Å². The molecule has 0 unspecified atom stereocenters. The lowest BCUT2D eigenvalue weighted by molar-refractivity contribution is 0.602. The molecule has 6 heteroatoms. The Morgan fingerprint density at radius 3 is 2.61 bits per heavy atom. The number of alkyl halides is 1. The lowest BCUT2D eigenvalue weighted by atomic mass is 10.2. The van der Waals surface area contributed by atoms with Crippen molar-refractivity contribution in [3.63, 3.8) is 0 Å². The summed E-state index contributed by atoms with van der Waals surface area (Å²) in [6.07, 6.45) is 2.73. The number of benzene rings is 1. The Morgan fingerprint density at radius 1 is 1.22 bits per heavy atom. The average Bonchev–Trinajstić information content (AvgIpc) is 2.38. The second-order valence-electron chi connectivity index (χ2n) is 3.77. The number of sulfone groups is 1. The van der Waals surface area contributed by atoms with E-state index < -0.39 is 9.84 Å². The van der Waals surface area contributed by atoms with Crippen LogP contribution in [0.15, 0.2) is 41.4 Å². The van der Waals surface area contributed by atoms with Crippen LogP contribution in [0.5, 0.6) is 0 Å². The quantitative estimate of drug-likeness (QED) is 0.811. The highest BCUT2D eigenvalue weighted by atomic mass is 35.5. The fourth-order valence-corrected chi connectivity index (χ4v) is 2.61. The van der Waals surface area contributed by atoms with Crippen LogP contribution >= 0.6 is 11.6 Å². The van der Waals surface area contributed by atoms with Crippen LogP contribution < -0.4 is 0 Å². The van der Waals surface area contributed by atoms with E-state index in [0.717, 1.165) is 6.26 Å². The first-order valence-electron chi connectivity index (χ1n) is 5.19. The van der Waals surface area contributed by atoms with E-state index in [2.05, 4.69) is 9.97 Å². The number of halogens is 1. The molecule has 0 saturated carbocycles. The second-order valence-corrected chi connectivity index (χ2v) is 6.02. The van der Waals surface area contributed by atoms with E-state index in [4.69, 9.17) is 11.6 Å². The van der Waals surface area contributed by atoms with Gasteiger partial charge in [-0.3, -0.25) is 0 Å². The largest absolute Gasteiger partial charge is 0.237 e. The summed E-state index contributed by atoms with van der Waals surface area (Å²) >= 11 is 5.71. The van der Waals surface area contributed by atoms with Gasteiger partial charge in [0.2, 0.25) is 0 Å². The normalized spacial score (nSPS) is 11.4. The lowest BCUT2D eigenvalue weighted by Crippen LogP contribution is -2.02. The molecule has 0 radical (unpaired) electrons. The zero-order valence-electron chi connectivity index (χ0n) is 9.67. The summed E-state index contributed by atoms with van der Waals surface area (Å²) in [5, 5.41) is 0. The standard InChI is InChI=1S/C12H11ClN2O2S/c1-18(16,17)11-5-3-2-4-10(11)12-14-7-6-9(8-13)15-12/h2-7H,8H2,1H3. The molecule has 0 aliphatic rings. The van der Waals surface area contributed by atoms with Gasteiger partial charge in [0.15, 0.2) is 15.7 Å². The Kier molecular flexibility index (Phi) is 3.63. The smallest absolute Gasteiger partial charge is 0.176 e. The Labute approximate surface area is 111 Å². The van der Waals surface area contributed by atoms with Gasteiger partial charge in [0.25, 0.3) is 0 Å². The van der Waals surface area contributed by atoms with Crippen molar-refractivity contribution in [1.82, 2.24) is 9.97 Å². The van der Waals surface area contributed by atoms with Crippen molar-refractivity contribution in [2.75, 3.05) is 6.26 Å². The summed E-state index contributed by atoms with van der Waals surface area (Å²) in [5.74, 6) is 0.630.